The van der Waals surface area contributed by atoms with Crippen molar-refractivity contribution in [3.05, 3.63) is 0 Å². The van der Waals surface area contributed by atoms with Crippen LogP contribution in [-0.4, -0.2) is 42.6 Å². The van der Waals surface area contributed by atoms with Crippen molar-refractivity contribution < 1.29 is 9.90 Å². The number of aliphatic hydroxyl groups excluding tert-OH is 1. The summed E-state index contributed by atoms with van der Waals surface area (Å²) in [4.78, 5) is 10.3. The highest BCUT2D eigenvalue weighted by Gasteiger charge is 2.22. The molecule has 0 heterocycles. The Hall–Kier alpha value is -0.0600. The first-order chi connectivity index (χ1) is 5.67. The second kappa shape index (κ2) is 6.46. The van der Waals surface area contributed by atoms with Gasteiger partial charge < -0.3 is 10.4 Å². The van der Waals surface area contributed by atoms with Crippen LogP contribution in [0.1, 0.15) is 6.92 Å². The van der Waals surface area contributed by atoms with Crippen molar-refractivity contribution in [3.63, 3.8) is 0 Å². The zero-order valence-electron chi connectivity index (χ0n) is 7.70. The van der Waals surface area contributed by atoms with Gasteiger partial charge in [0.15, 0.2) is 0 Å². The van der Waals surface area contributed by atoms with E-state index >= 15 is 0 Å². The molecule has 1 unspecified atom stereocenters. The number of likely N-dealkylation sites (N-methyl/N-ethyl adjacent to an activating group) is 1. The summed E-state index contributed by atoms with van der Waals surface area (Å²) in [6.07, 6.45) is 3.11. The molecule has 2 N–H and O–H groups in total. The van der Waals surface area contributed by atoms with Gasteiger partial charge in [-0.2, -0.15) is 11.8 Å². The standard InChI is InChI=1S/C8H16NO2S/c1-6(5-12-3)8(11)7(4-10)9-2/h6-9,11H,5H2,1-3H3/t6-,7-,8?/m1/s1. The van der Waals surface area contributed by atoms with Crippen LogP contribution in [0.5, 0.6) is 0 Å². The number of thioether (sulfide) groups is 1. The van der Waals surface area contributed by atoms with Crippen molar-refractivity contribution in [1.82, 2.24) is 5.32 Å². The van der Waals surface area contributed by atoms with Crippen LogP contribution in [0.15, 0.2) is 0 Å². The van der Waals surface area contributed by atoms with Crippen LogP contribution in [0.2, 0.25) is 0 Å². The van der Waals surface area contributed by atoms with Crippen LogP contribution < -0.4 is 5.32 Å². The van der Waals surface area contributed by atoms with E-state index in [4.69, 9.17) is 0 Å². The van der Waals surface area contributed by atoms with Crippen molar-refractivity contribution in [3.8, 4) is 0 Å². The molecule has 0 aromatic heterocycles. The summed E-state index contributed by atoms with van der Waals surface area (Å²) < 4.78 is 0. The van der Waals surface area contributed by atoms with Gasteiger partial charge in [-0.05, 0) is 25.0 Å². The first-order valence-corrected chi connectivity index (χ1v) is 5.28. The lowest BCUT2D eigenvalue weighted by Gasteiger charge is -2.22. The molecule has 12 heavy (non-hydrogen) atoms. The van der Waals surface area contributed by atoms with E-state index in [9.17, 15) is 9.90 Å². The molecule has 1 radical (unpaired) electrons. The number of hydrogen-bond acceptors (Lipinski definition) is 4. The van der Waals surface area contributed by atoms with Crippen LogP contribution in [0.25, 0.3) is 0 Å². The molecule has 0 aromatic rings. The molecule has 0 bridgehead atoms. The number of carbonyl (C=O) groups excluding carboxylic acids is 1. The highest BCUT2D eigenvalue weighted by Crippen LogP contribution is 2.11. The fourth-order valence-electron chi connectivity index (χ4n) is 0.989. The van der Waals surface area contributed by atoms with E-state index < -0.39 is 12.1 Å². The van der Waals surface area contributed by atoms with Crippen molar-refractivity contribution in [1.29, 1.82) is 0 Å². The lowest BCUT2D eigenvalue weighted by Crippen LogP contribution is -2.43. The number of nitrogens with one attached hydrogen (secondary N) is 1. The third-order valence-electron chi connectivity index (χ3n) is 1.79. The van der Waals surface area contributed by atoms with Crippen LogP contribution in [0.4, 0.5) is 0 Å². The predicted molar refractivity (Wildman–Crippen MR) is 52.1 cm³/mol. The zero-order chi connectivity index (χ0) is 9.56. The van der Waals surface area contributed by atoms with E-state index in [-0.39, 0.29) is 5.92 Å². The third-order valence-corrected chi connectivity index (χ3v) is 2.65. The van der Waals surface area contributed by atoms with Crippen LogP contribution in [0, 0.1) is 5.92 Å². The molecule has 3 nitrogen and oxygen atoms in total. The lowest BCUT2D eigenvalue weighted by molar-refractivity contribution is 0.109. The minimum Gasteiger partial charge on any atom is -0.391 e. The van der Waals surface area contributed by atoms with Crippen molar-refractivity contribution in [2.24, 2.45) is 5.92 Å². The smallest absolute Gasteiger partial charge is 0.219 e. The maximum Gasteiger partial charge on any atom is 0.219 e. The molecule has 71 valence electrons. The molecule has 0 aliphatic heterocycles. The fraction of sp³-hybridized carbons (Fsp3) is 0.875. The van der Waals surface area contributed by atoms with Gasteiger partial charge in [-0.25, -0.2) is 0 Å². The van der Waals surface area contributed by atoms with Gasteiger partial charge in [-0.15, -0.1) is 0 Å². The topological polar surface area (TPSA) is 49.3 Å². The normalized spacial score (nSPS) is 18.3. The zero-order valence-corrected chi connectivity index (χ0v) is 8.52. The highest BCUT2D eigenvalue weighted by molar-refractivity contribution is 7.98. The minimum atomic E-state index is -0.639. The van der Waals surface area contributed by atoms with Gasteiger partial charge in [-0.3, -0.25) is 4.79 Å². The first-order valence-electron chi connectivity index (χ1n) is 3.89. The van der Waals surface area contributed by atoms with Gasteiger partial charge >= 0.3 is 0 Å². The predicted octanol–water partition coefficient (Wildman–Crippen LogP) is 0.0441. The Morgan fingerprint density at radius 1 is 1.67 bits per heavy atom. The Labute approximate surface area is 77.9 Å². The molecule has 0 spiro atoms. The summed E-state index contributed by atoms with van der Waals surface area (Å²) in [5, 5.41) is 12.3. The van der Waals surface area contributed by atoms with E-state index in [0.717, 1.165) is 5.75 Å². The van der Waals surface area contributed by atoms with E-state index in [2.05, 4.69) is 5.32 Å². The molecule has 3 atom stereocenters. The third kappa shape index (κ3) is 3.56. The van der Waals surface area contributed by atoms with E-state index in [0.29, 0.717) is 0 Å². The molecule has 0 aliphatic rings. The summed E-state index contributed by atoms with van der Waals surface area (Å²) in [6.45, 7) is 1.92. The van der Waals surface area contributed by atoms with Gasteiger partial charge in [0.25, 0.3) is 0 Å². The maximum absolute atomic E-state index is 10.3. The highest BCUT2D eigenvalue weighted by atomic mass is 32.2. The fourth-order valence-corrected chi connectivity index (χ4v) is 1.71. The van der Waals surface area contributed by atoms with E-state index in [1.54, 1.807) is 25.1 Å². The Balaban J connectivity index is 3.95. The van der Waals surface area contributed by atoms with E-state index in [1.807, 2.05) is 13.2 Å². The van der Waals surface area contributed by atoms with Crippen molar-refractivity contribution >= 4 is 18.0 Å². The average Bonchev–Trinajstić information content (AvgIpc) is 2.07. The number of hydrogen-bond donors (Lipinski definition) is 2. The first kappa shape index (κ1) is 11.9. The summed E-state index contributed by atoms with van der Waals surface area (Å²) in [7, 11) is 1.64. The van der Waals surface area contributed by atoms with Gasteiger partial charge in [-0.1, -0.05) is 6.92 Å². The summed E-state index contributed by atoms with van der Waals surface area (Å²) in [5.74, 6) is 0.958. The van der Waals surface area contributed by atoms with Crippen LogP contribution in [-0.2, 0) is 4.79 Å². The maximum atomic E-state index is 10.3. The summed E-state index contributed by atoms with van der Waals surface area (Å²) in [6, 6.07) is -0.563. The largest absolute Gasteiger partial charge is 0.391 e. The lowest BCUT2D eigenvalue weighted by atomic mass is 10.0. The monoisotopic (exact) mass is 190 g/mol. The van der Waals surface area contributed by atoms with Gasteiger partial charge in [0.05, 0.1) is 6.10 Å². The molecule has 0 fully saturated rings. The molecule has 0 amide bonds. The Kier molecular flexibility index (Phi) is 6.42. The Morgan fingerprint density at radius 2 is 2.25 bits per heavy atom. The molecule has 0 aliphatic carbocycles. The second-order valence-corrected chi connectivity index (χ2v) is 3.72. The van der Waals surface area contributed by atoms with Crippen molar-refractivity contribution in [2.45, 2.75) is 19.1 Å². The molecular formula is C8H16NO2S. The summed E-state index contributed by atoms with van der Waals surface area (Å²) in [5.41, 5.74) is 0. The van der Waals surface area contributed by atoms with Crippen LogP contribution >= 0.6 is 11.8 Å². The molecular weight excluding hydrogens is 174 g/mol. The molecule has 0 saturated carbocycles. The molecule has 4 heteroatoms. The number of rotatable bonds is 6. The SMILES string of the molecule is CN[C@H]([C]=O)C(O)[C@H](C)CSC. The molecule has 0 aromatic carbocycles. The van der Waals surface area contributed by atoms with Gasteiger partial charge in [0.1, 0.15) is 6.04 Å². The van der Waals surface area contributed by atoms with Gasteiger partial charge in [0.2, 0.25) is 6.29 Å². The summed E-state index contributed by atoms with van der Waals surface area (Å²) >= 11 is 1.66. The Bertz CT molecular complexity index is 132. The van der Waals surface area contributed by atoms with Crippen LogP contribution in [0.3, 0.4) is 0 Å². The van der Waals surface area contributed by atoms with E-state index in [1.165, 1.54) is 0 Å². The van der Waals surface area contributed by atoms with Crippen molar-refractivity contribution in [2.75, 3.05) is 19.1 Å². The average molecular weight is 190 g/mol. The molecule has 0 saturated heterocycles. The van der Waals surface area contributed by atoms with Gasteiger partial charge in [0, 0.05) is 0 Å². The molecule has 0 rings (SSSR count). The Morgan fingerprint density at radius 3 is 2.58 bits per heavy atom. The number of aliphatic hydroxyl groups is 1. The minimum absolute atomic E-state index is 0.110. The quantitative estimate of drug-likeness (QED) is 0.621. The second-order valence-electron chi connectivity index (χ2n) is 2.81.